The van der Waals surface area contributed by atoms with Crippen LogP contribution in [0, 0.1) is 0 Å². The fourth-order valence-electron chi connectivity index (χ4n) is 4.34. The van der Waals surface area contributed by atoms with Gasteiger partial charge in [-0.05, 0) is 56.3 Å². The molecule has 0 amide bonds. The SMILES string of the molecule is CCCCCN(C)CCCOc1ccc2cc(-c3n[nH]c4cc(-c5ccccc5)sc34)[nH]c2c1. The number of hydrogen-bond donors (Lipinski definition) is 2. The highest BCUT2D eigenvalue weighted by molar-refractivity contribution is 7.22. The van der Waals surface area contributed by atoms with E-state index in [1.54, 1.807) is 11.3 Å². The summed E-state index contributed by atoms with van der Waals surface area (Å²) in [6.45, 7) is 5.22. The lowest BCUT2D eigenvalue weighted by molar-refractivity contribution is 0.260. The molecule has 3 heterocycles. The molecule has 5 nitrogen and oxygen atoms in total. The third-order valence-corrected chi connectivity index (χ3v) is 7.43. The Balaban J connectivity index is 1.26. The maximum absolute atomic E-state index is 6.05. The molecule has 0 atom stereocenters. The third kappa shape index (κ3) is 5.03. The monoisotopic (exact) mass is 472 g/mol. The van der Waals surface area contributed by atoms with Gasteiger partial charge in [-0.2, -0.15) is 5.10 Å². The largest absolute Gasteiger partial charge is 0.493 e. The lowest BCUT2D eigenvalue weighted by Crippen LogP contribution is -2.22. The number of H-pyrrole nitrogens is 2. The molecule has 0 saturated heterocycles. The molecule has 0 radical (unpaired) electrons. The van der Waals surface area contributed by atoms with Gasteiger partial charge in [-0.25, -0.2) is 0 Å². The number of unbranched alkanes of at least 4 members (excludes halogenated alkanes) is 2. The van der Waals surface area contributed by atoms with Crippen LogP contribution in [0.25, 0.3) is 42.9 Å². The van der Waals surface area contributed by atoms with Gasteiger partial charge in [0.2, 0.25) is 0 Å². The lowest BCUT2D eigenvalue weighted by Gasteiger charge is -2.16. The number of ether oxygens (including phenoxy) is 1. The van der Waals surface area contributed by atoms with Gasteiger partial charge in [0.1, 0.15) is 11.4 Å². The molecule has 6 heteroatoms. The van der Waals surface area contributed by atoms with Crippen molar-refractivity contribution in [2.45, 2.75) is 32.6 Å². The van der Waals surface area contributed by atoms with E-state index in [-0.39, 0.29) is 0 Å². The minimum Gasteiger partial charge on any atom is -0.493 e. The van der Waals surface area contributed by atoms with E-state index in [2.05, 4.69) is 88.6 Å². The van der Waals surface area contributed by atoms with Crippen molar-refractivity contribution >= 4 is 32.5 Å². The molecule has 5 aromatic rings. The Hall–Kier alpha value is -3.09. The second-order valence-corrected chi connectivity index (χ2v) is 9.99. The number of fused-ring (bicyclic) bond motifs is 2. The minimum absolute atomic E-state index is 0.731. The van der Waals surface area contributed by atoms with E-state index >= 15 is 0 Å². The van der Waals surface area contributed by atoms with Crippen molar-refractivity contribution in [1.29, 1.82) is 0 Å². The molecular formula is C28H32N4OS. The van der Waals surface area contributed by atoms with Crippen molar-refractivity contribution < 1.29 is 4.74 Å². The quantitative estimate of drug-likeness (QED) is 0.198. The molecule has 176 valence electrons. The Labute approximate surface area is 204 Å². The first-order valence-corrected chi connectivity index (χ1v) is 13.0. The molecule has 2 aromatic carbocycles. The number of benzene rings is 2. The summed E-state index contributed by atoms with van der Waals surface area (Å²) >= 11 is 1.77. The van der Waals surface area contributed by atoms with Crippen LogP contribution in [-0.2, 0) is 0 Å². The van der Waals surface area contributed by atoms with Gasteiger partial charge in [0.05, 0.1) is 22.5 Å². The molecule has 34 heavy (non-hydrogen) atoms. The number of hydrogen-bond acceptors (Lipinski definition) is 4. The van der Waals surface area contributed by atoms with Crippen molar-refractivity contribution in [3.63, 3.8) is 0 Å². The van der Waals surface area contributed by atoms with E-state index in [0.717, 1.165) is 53.1 Å². The summed E-state index contributed by atoms with van der Waals surface area (Å²) in [6.07, 6.45) is 4.89. The lowest BCUT2D eigenvalue weighted by atomic mass is 10.2. The predicted molar refractivity (Wildman–Crippen MR) is 144 cm³/mol. The van der Waals surface area contributed by atoms with Crippen LogP contribution in [0.5, 0.6) is 5.75 Å². The third-order valence-electron chi connectivity index (χ3n) is 6.24. The van der Waals surface area contributed by atoms with Gasteiger partial charge in [-0.3, -0.25) is 5.10 Å². The molecular weight excluding hydrogens is 440 g/mol. The van der Waals surface area contributed by atoms with Gasteiger partial charge in [0, 0.05) is 28.4 Å². The molecule has 0 fully saturated rings. The van der Waals surface area contributed by atoms with Crippen LogP contribution in [0.4, 0.5) is 0 Å². The average molecular weight is 473 g/mol. The molecule has 0 aliphatic carbocycles. The normalized spacial score (nSPS) is 11.7. The van der Waals surface area contributed by atoms with Gasteiger partial charge in [0.25, 0.3) is 0 Å². The summed E-state index contributed by atoms with van der Waals surface area (Å²) in [6, 6.07) is 21.1. The molecule has 5 rings (SSSR count). The summed E-state index contributed by atoms with van der Waals surface area (Å²) in [5.41, 5.74) is 5.36. The van der Waals surface area contributed by atoms with Gasteiger partial charge in [-0.1, -0.05) is 50.1 Å². The molecule has 0 saturated carbocycles. The van der Waals surface area contributed by atoms with Crippen molar-refractivity contribution in [1.82, 2.24) is 20.1 Å². The van der Waals surface area contributed by atoms with Crippen molar-refractivity contribution in [3.05, 3.63) is 60.7 Å². The zero-order valence-electron chi connectivity index (χ0n) is 19.9. The van der Waals surface area contributed by atoms with Crippen LogP contribution in [0.15, 0.2) is 60.7 Å². The fourth-order valence-corrected chi connectivity index (χ4v) is 5.45. The van der Waals surface area contributed by atoms with Crippen molar-refractivity contribution in [3.8, 4) is 27.6 Å². The zero-order chi connectivity index (χ0) is 23.3. The summed E-state index contributed by atoms with van der Waals surface area (Å²) in [4.78, 5) is 7.20. The molecule has 0 spiro atoms. The minimum atomic E-state index is 0.731. The molecule has 0 aliphatic rings. The van der Waals surface area contributed by atoms with E-state index in [1.165, 1.54) is 40.9 Å². The molecule has 0 unspecified atom stereocenters. The number of nitrogens with one attached hydrogen (secondary N) is 2. The maximum atomic E-state index is 6.05. The Kier molecular flexibility index (Phi) is 6.97. The van der Waals surface area contributed by atoms with E-state index in [1.807, 2.05) is 6.07 Å². The van der Waals surface area contributed by atoms with E-state index in [4.69, 9.17) is 4.74 Å². The number of aromatic amines is 2. The van der Waals surface area contributed by atoms with E-state index < -0.39 is 0 Å². The van der Waals surface area contributed by atoms with Gasteiger partial charge < -0.3 is 14.6 Å². The van der Waals surface area contributed by atoms with Crippen LogP contribution in [-0.4, -0.2) is 46.8 Å². The fraction of sp³-hybridized carbons (Fsp3) is 0.321. The highest BCUT2D eigenvalue weighted by atomic mass is 32.1. The highest BCUT2D eigenvalue weighted by Gasteiger charge is 2.15. The Morgan fingerprint density at radius 1 is 0.941 bits per heavy atom. The Morgan fingerprint density at radius 2 is 1.79 bits per heavy atom. The van der Waals surface area contributed by atoms with Crippen LogP contribution < -0.4 is 4.74 Å². The molecule has 0 bridgehead atoms. The number of nitrogens with zero attached hydrogens (tertiary/aromatic N) is 2. The molecule has 0 aliphatic heterocycles. The van der Waals surface area contributed by atoms with Crippen molar-refractivity contribution in [2.75, 3.05) is 26.7 Å². The number of rotatable bonds is 11. The smallest absolute Gasteiger partial charge is 0.126 e. The van der Waals surface area contributed by atoms with E-state index in [0.29, 0.717) is 0 Å². The van der Waals surface area contributed by atoms with Gasteiger partial charge in [0.15, 0.2) is 0 Å². The molecule has 2 N–H and O–H groups in total. The van der Waals surface area contributed by atoms with Crippen molar-refractivity contribution in [2.24, 2.45) is 0 Å². The second-order valence-electron chi connectivity index (χ2n) is 8.94. The van der Waals surface area contributed by atoms with Crippen LogP contribution in [0.2, 0.25) is 0 Å². The maximum Gasteiger partial charge on any atom is 0.126 e. The summed E-state index contributed by atoms with van der Waals surface area (Å²) in [5, 5.41) is 8.96. The molecule has 3 aromatic heterocycles. The highest BCUT2D eigenvalue weighted by Crippen LogP contribution is 2.38. The van der Waals surface area contributed by atoms with Crippen LogP contribution in [0.3, 0.4) is 0 Å². The summed E-state index contributed by atoms with van der Waals surface area (Å²) in [7, 11) is 2.20. The first kappa shape index (κ1) is 22.7. The Bertz CT molecular complexity index is 1350. The Morgan fingerprint density at radius 3 is 2.65 bits per heavy atom. The van der Waals surface area contributed by atoms with Gasteiger partial charge in [-0.15, -0.1) is 11.3 Å². The van der Waals surface area contributed by atoms with E-state index in [9.17, 15) is 0 Å². The number of aromatic nitrogens is 3. The summed E-state index contributed by atoms with van der Waals surface area (Å²) in [5.74, 6) is 0.907. The zero-order valence-corrected chi connectivity index (χ0v) is 20.8. The summed E-state index contributed by atoms with van der Waals surface area (Å²) < 4.78 is 7.22. The standard InChI is InChI=1S/C28H32N4OS/c1-3-4-8-14-32(2)15-9-16-33-22-13-12-21-17-24(29-23(21)18-22)27-28-25(30-31-27)19-26(34-28)20-10-6-5-7-11-20/h5-7,10-13,17-19,29H,3-4,8-9,14-16H2,1-2H3,(H,30,31). The second kappa shape index (κ2) is 10.5. The van der Waals surface area contributed by atoms with Crippen LogP contribution >= 0.6 is 11.3 Å². The van der Waals surface area contributed by atoms with Gasteiger partial charge >= 0.3 is 0 Å². The first-order valence-electron chi connectivity index (χ1n) is 12.2. The first-order chi connectivity index (χ1) is 16.7. The van der Waals surface area contributed by atoms with Crippen LogP contribution in [0.1, 0.15) is 32.6 Å². The topological polar surface area (TPSA) is 56.9 Å². The average Bonchev–Trinajstić information content (AvgIpc) is 3.56. The predicted octanol–water partition coefficient (Wildman–Crippen LogP) is 7.33. The number of thiophene rings is 1.